The first-order valence-corrected chi connectivity index (χ1v) is 14.7. The molecule has 6 heteroatoms. The maximum atomic E-state index is 13.1. The molecule has 0 amide bonds. The molecule has 32 heavy (non-hydrogen) atoms. The summed E-state index contributed by atoms with van der Waals surface area (Å²) in [6.07, 6.45) is 17.4. The van der Waals surface area contributed by atoms with Crippen molar-refractivity contribution in [1.29, 1.82) is 0 Å². The number of rotatable bonds is 20. The van der Waals surface area contributed by atoms with E-state index in [1.54, 1.807) is 31.2 Å². The number of carbonyl (C=O) groups is 1. The molecule has 1 aromatic rings. The van der Waals surface area contributed by atoms with Gasteiger partial charge in [-0.05, 0) is 36.6 Å². The van der Waals surface area contributed by atoms with E-state index in [2.05, 4.69) is 6.92 Å². The summed E-state index contributed by atoms with van der Waals surface area (Å²) >= 11 is 5.74. The van der Waals surface area contributed by atoms with Crippen LogP contribution in [0.1, 0.15) is 110 Å². The van der Waals surface area contributed by atoms with Crippen molar-refractivity contribution in [2.24, 2.45) is 0 Å². The van der Waals surface area contributed by atoms with Gasteiger partial charge in [-0.3, -0.25) is 9.10 Å². The Bertz CT molecular complexity index is 709. The quantitative estimate of drug-likeness (QED) is 0.139. The summed E-state index contributed by atoms with van der Waals surface area (Å²) in [5.41, 5.74) is 0.499. The standard InChI is InChI=1S/C26H44ClNO3S/c1-3-5-6-7-8-9-10-11-12-13-14-15-16-20-23-32(30,31)28(25(4-2)26(27)29)24-21-18-17-19-22-24/h17-19,21-22,25H,3-16,20,23H2,1-2H3. The van der Waals surface area contributed by atoms with Crippen LogP contribution in [0.2, 0.25) is 0 Å². The molecule has 0 radical (unpaired) electrons. The smallest absolute Gasteiger partial charge is 0.245 e. The van der Waals surface area contributed by atoms with Gasteiger partial charge >= 0.3 is 0 Å². The second-order valence-corrected chi connectivity index (χ2v) is 11.1. The fourth-order valence-corrected chi connectivity index (χ4v) is 6.26. The molecule has 0 saturated carbocycles. The van der Waals surface area contributed by atoms with E-state index in [4.69, 9.17) is 11.6 Å². The summed E-state index contributed by atoms with van der Waals surface area (Å²) in [7, 11) is -3.62. The van der Waals surface area contributed by atoms with Crippen molar-refractivity contribution in [2.45, 2.75) is 116 Å². The number of carbonyl (C=O) groups excluding carboxylic acids is 1. The van der Waals surface area contributed by atoms with Gasteiger partial charge in [0.05, 0.1) is 11.4 Å². The fraction of sp³-hybridized carbons (Fsp3) is 0.731. The lowest BCUT2D eigenvalue weighted by molar-refractivity contribution is -0.112. The molecule has 0 N–H and O–H groups in total. The molecule has 0 fully saturated rings. The van der Waals surface area contributed by atoms with E-state index < -0.39 is 21.3 Å². The van der Waals surface area contributed by atoms with Crippen molar-refractivity contribution in [3.05, 3.63) is 30.3 Å². The number of nitrogens with zero attached hydrogens (tertiary/aromatic N) is 1. The maximum absolute atomic E-state index is 13.1. The molecule has 1 atom stereocenters. The Morgan fingerprint density at radius 3 is 1.62 bits per heavy atom. The second kappa shape index (κ2) is 17.4. The SMILES string of the molecule is CCCCCCCCCCCCCCCCS(=O)(=O)N(c1ccccc1)C(CC)C(=O)Cl. The van der Waals surface area contributed by atoms with Gasteiger partial charge in [-0.15, -0.1) is 0 Å². The van der Waals surface area contributed by atoms with Gasteiger partial charge < -0.3 is 0 Å². The number of hydrogen-bond donors (Lipinski definition) is 0. The van der Waals surface area contributed by atoms with Crippen LogP contribution in [0.15, 0.2) is 30.3 Å². The monoisotopic (exact) mass is 485 g/mol. The van der Waals surface area contributed by atoms with Crippen LogP contribution in [-0.2, 0) is 14.8 Å². The summed E-state index contributed by atoms with van der Waals surface area (Å²) in [6, 6.07) is 7.93. The van der Waals surface area contributed by atoms with Crippen molar-refractivity contribution in [1.82, 2.24) is 0 Å². The van der Waals surface area contributed by atoms with Crippen LogP contribution < -0.4 is 4.31 Å². The van der Waals surface area contributed by atoms with E-state index in [-0.39, 0.29) is 5.75 Å². The maximum Gasteiger partial charge on any atom is 0.245 e. The summed E-state index contributed by atoms with van der Waals surface area (Å²) in [6.45, 7) is 4.03. The summed E-state index contributed by atoms with van der Waals surface area (Å²) in [5, 5.41) is -0.638. The predicted molar refractivity (Wildman–Crippen MR) is 138 cm³/mol. The number of hydrogen-bond acceptors (Lipinski definition) is 3. The molecule has 1 unspecified atom stereocenters. The molecule has 0 aliphatic heterocycles. The number of para-hydroxylation sites is 1. The minimum Gasteiger partial charge on any atom is -0.279 e. The first-order valence-electron chi connectivity index (χ1n) is 12.7. The van der Waals surface area contributed by atoms with E-state index >= 15 is 0 Å². The van der Waals surface area contributed by atoms with Crippen LogP contribution in [0.3, 0.4) is 0 Å². The zero-order valence-corrected chi connectivity index (χ0v) is 21.8. The first-order chi connectivity index (χ1) is 15.4. The van der Waals surface area contributed by atoms with Crippen molar-refractivity contribution in [3.63, 3.8) is 0 Å². The number of benzene rings is 1. The average Bonchev–Trinajstić information content (AvgIpc) is 2.77. The molecule has 0 aromatic heterocycles. The van der Waals surface area contributed by atoms with E-state index in [0.29, 0.717) is 18.5 Å². The highest BCUT2D eigenvalue weighted by molar-refractivity contribution is 7.92. The zero-order valence-electron chi connectivity index (χ0n) is 20.2. The third-order valence-electron chi connectivity index (χ3n) is 6.00. The fourth-order valence-electron chi connectivity index (χ4n) is 4.11. The van der Waals surface area contributed by atoms with Crippen LogP contribution in [-0.4, -0.2) is 25.5 Å². The van der Waals surface area contributed by atoms with Crippen molar-refractivity contribution >= 4 is 32.6 Å². The van der Waals surface area contributed by atoms with Gasteiger partial charge in [-0.2, -0.15) is 0 Å². The minimum absolute atomic E-state index is 0.0423. The van der Waals surface area contributed by atoms with Crippen LogP contribution in [0.4, 0.5) is 5.69 Å². The Morgan fingerprint density at radius 1 is 0.781 bits per heavy atom. The average molecular weight is 486 g/mol. The summed E-state index contributed by atoms with van der Waals surface area (Å²) in [4.78, 5) is 11.9. The first kappa shape index (κ1) is 29.0. The van der Waals surface area contributed by atoms with Crippen LogP contribution in [0.25, 0.3) is 0 Å². The van der Waals surface area contributed by atoms with Gasteiger partial charge in [0.15, 0.2) is 0 Å². The Kier molecular flexibility index (Phi) is 15.8. The van der Waals surface area contributed by atoms with Crippen molar-refractivity contribution < 1.29 is 13.2 Å². The van der Waals surface area contributed by atoms with Gasteiger partial charge in [-0.25, -0.2) is 8.42 Å². The topological polar surface area (TPSA) is 54.5 Å². The van der Waals surface area contributed by atoms with Gasteiger partial charge in [-0.1, -0.05) is 116 Å². The van der Waals surface area contributed by atoms with Crippen molar-refractivity contribution in [3.8, 4) is 0 Å². The van der Waals surface area contributed by atoms with E-state index in [0.717, 1.165) is 19.3 Å². The van der Waals surface area contributed by atoms with Gasteiger partial charge in [0.25, 0.3) is 0 Å². The van der Waals surface area contributed by atoms with E-state index in [1.807, 2.05) is 6.07 Å². The number of anilines is 1. The highest BCUT2D eigenvalue weighted by atomic mass is 35.5. The second-order valence-electron chi connectivity index (χ2n) is 8.77. The third kappa shape index (κ3) is 11.7. The molecule has 0 aliphatic rings. The number of unbranched alkanes of at least 4 members (excludes halogenated alkanes) is 13. The molecule has 0 aliphatic carbocycles. The molecule has 1 aromatic carbocycles. The predicted octanol–water partition coefficient (Wildman–Crippen LogP) is 7.85. The largest absolute Gasteiger partial charge is 0.279 e. The normalized spacial score (nSPS) is 12.6. The molecule has 0 bridgehead atoms. The van der Waals surface area contributed by atoms with E-state index in [1.165, 1.54) is 68.5 Å². The molecule has 184 valence electrons. The Balaban J connectivity index is 2.29. The summed E-state index contributed by atoms with van der Waals surface area (Å²) in [5.74, 6) is 0.0423. The lowest BCUT2D eigenvalue weighted by atomic mass is 10.0. The highest BCUT2D eigenvalue weighted by Crippen LogP contribution is 2.25. The Hall–Kier alpha value is -1.07. The molecule has 4 nitrogen and oxygen atoms in total. The number of halogens is 1. The van der Waals surface area contributed by atoms with Crippen LogP contribution in [0.5, 0.6) is 0 Å². The summed E-state index contributed by atoms with van der Waals surface area (Å²) < 4.78 is 27.4. The number of sulfonamides is 1. The van der Waals surface area contributed by atoms with E-state index in [9.17, 15) is 13.2 Å². The molecular formula is C26H44ClNO3S. The van der Waals surface area contributed by atoms with Gasteiger partial charge in [0.2, 0.25) is 15.3 Å². The molecular weight excluding hydrogens is 442 g/mol. The third-order valence-corrected chi connectivity index (χ3v) is 8.12. The molecule has 0 heterocycles. The van der Waals surface area contributed by atoms with Crippen LogP contribution in [0, 0.1) is 0 Å². The lowest BCUT2D eigenvalue weighted by Crippen LogP contribution is -2.44. The lowest BCUT2D eigenvalue weighted by Gasteiger charge is -2.30. The molecule has 1 rings (SSSR count). The molecule has 0 saturated heterocycles. The molecule has 0 spiro atoms. The Labute approximate surface area is 202 Å². The van der Waals surface area contributed by atoms with Gasteiger partial charge in [0, 0.05) is 0 Å². The van der Waals surface area contributed by atoms with Crippen molar-refractivity contribution in [2.75, 3.05) is 10.1 Å². The van der Waals surface area contributed by atoms with Gasteiger partial charge in [0.1, 0.15) is 6.04 Å². The highest BCUT2D eigenvalue weighted by Gasteiger charge is 2.32. The Morgan fingerprint density at radius 2 is 1.22 bits per heavy atom. The van der Waals surface area contributed by atoms with Crippen LogP contribution >= 0.6 is 11.6 Å². The zero-order chi connectivity index (χ0) is 23.7. The minimum atomic E-state index is -3.62.